The number of phenols is 1. The minimum Gasteiger partial charge on any atom is -0.505 e. The molecule has 0 spiro atoms. The molecule has 2 saturated carbocycles. The Labute approximate surface area is 221 Å². The molecule has 4 unspecified atom stereocenters. The van der Waals surface area contributed by atoms with Crippen LogP contribution in [-0.4, -0.2) is 95.1 Å². The predicted octanol–water partition coefficient (Wildman–Crippen LogP) is -0.454. The Morgan fingerprint density at radius 2 is 1.79 bits per heavy atom. The number of nitrogens with two attached hydrogens (primary N) is 1. The molecule has 3 aliphatic rings. The Morgan fingerprint density at radius 1 is 1.16 bits per heavy atom. The van der Waals surface area contributed by atoms with Gasteiger partial charge in [0.2, 0.25) is 5.91 Å². The fraction of sp³-hybridized carbons (Fsp3) is 0.500. The van der Waals surface area contributed by atoms with Crippen molar-refractivity contribution in [2.24, 2.45) is 29.4 Å². The van der Waals surface area contributed by atoms with E-state index in [1.807, 2.05) is 0 Å². The van der Waals surface area contributed by atoms with E-state index < -0.39 is 76.2 Å². The van der Waals surface area contributed by atoms with E-state index in [2.05, 4.69) is 5.32 Å². The van der Waals surface area contributed by atoms with Crippen molar-refractivity contribution in [1.82, 2.24) is 9.96 Å². The summed E-state index contributed by atoms with van der Waals surface area (Å²) in [5.74, 6) is -11.8. The predicted molar refractivity (Wildman–Crippen MR) is 130 cm³/mol. The van der Waals surface area contributed by atoms with E-state index in [1.54, 1.807) is 0 Å². The van der Waals surface area contributed by atoms with Gasteiger partial charge in [0.05, 0.1) is 22.5 Å². The number of carbonyl (C=O) groups is 6. The van der Waals surface area contributed by atoms with Crippen LogP contribution in [0.1, 0.15) is 22.3 Å². The molecule has 3 aliphatic carbocycles. The first-order valence-corrected chi connectivity index (χ1v) is 12.1. The molecule has 0 heterocycles. The third-order valence-electron chi connectivity index (χ3n) is 7.50. The van der Waals surface area contributed by atoms with Crippen LogP contribution >= 0.6 is 11.6 Å². The van der Waals surface area contributed by atoms with E-state index in [-0.39, 0.29) is 34.7 Å². The van der Waals surface area contributed by atoms with Gasteiger partial charge in [0.1, 0.15) is 5.69 Å². The van der Waals surface area contributed by atoms with E-state index in [9.17, 15) is 39.0 Å². The van der Waals surface area contributed by atoms with E-state index >= 15 is 0 Å². The van der Waals surface area contributed by atoms with E-state index in [0.717, 1.165) is 5.06 Å². The van der Waals surface area contributed by atoms with Gasteiger partial charge >= 0.3 is 6.09 Å². The number of benzene rings is 1. The average Bonchev–Trinajstić information content (AvgIpc) is 2.78. The summed E-state index contributed by atoms with van der Waals surface area (Å²) >= 11 is 6.28. The number of ketones is 4. The number of primary amides is 1. The second-order valence-electron chi connectivity index (χ2n) is 10.2. The number of aliphatic hydroxyl groups is 1. The van der Waals surface area contributed by atoms with Gasteiger partial charge in [-0.05, 0) is 44.5 Å². The van der Waals surface area contributed by atoms with E-state index in [1.165, 1.54) is 39.2 Å². The zero-order valence-electron chi connectivity index (χ0n) is 21.0. The number of carbonyl (C=O) groups excluding carboxylic acids is 6. The van der Waals surface area contributed by atoms with Gasteiger partial charge in [-0.15, -0.1) is 5.06 Å². The van der Waals surface area contributed by atoms with Crippen LogP contribution in [0.15, 0.2) is 6.07 Å². The van der Waals surface area contributed by atoms with Crippen molar-refractivity contribution >= 4 is 52.4 Å². The SMILES string of the molecule is CN(C)OC(=O)Nc1c(Cl)cc2c(c1O)C(=O)C1C(=O)[C@]3(O)C(=O)C(C(N)=O)C(=O)[C@@H](N(C)C)C3CC1C2. The standard InChI is InChI=1S/C24H27ClN4O9/c1-28(2)16-10-6-8-5-9-7-11(25)15(27-23(36)38-29(3)4)18(31)12(9)17(30)13(8)20(33)24(10,37)21(34)14(19(16)32)22(26)35/h7-8,10,13-14,16,31,37H,5-6H2,1-4H3,(H2,26,35)(H,27,36)/t8?,10?,13?,14?,16-,24-/m0/s1. The number of anilines is 1. The van der Waals surface area contributed by atoms with Crippen LogP contribution in [0.2, 0.25) is 5.02 Å². The van der Waals surface area contributed by atoms with Crippen LogP contribution in [0.25, 0.3) is 0 Å². The number of phenolic OH excluding ortho intramolecular Hbond substituents is 1. The minimum atomic E-state index is -2.82. The molecule has 13 nitrogen and oxygen atoms in total. The zero-order chi connectivity index (χ0) is 28.4. The molecule has 14 heteroatoms. The normalized spacial score (nSPS) is 30.6. The van der Waals surface area contributed by atoms with Gasteiger partial charge in [-0.3, -0.25) is 34.2 Å². The van der Waals surface area contributed by atoms with Crippen LogP contribution in [0.4, 0.5) is 10.5 Å². The largest absolute Gasteiger partial charge is 0.505 e. The van der Waals surface area contributed by atoms with Gasteiger partial charge in [0.25, 0.3) is 0 Å². The number of nitrogens with zero attached hydrogens (tertiary/aromatic N) is 2. The third-order valence-corrected chi connectivity index (χ3v) is 7.79. The first-order chi connectivity index (χ1) is 17.6. The molecule has 0 aliphatic heterocycles. The Bertz CT molecular complexity index is 1300. The molecule has 0 radical (unpaired) electrons. The molecule has 6 atom stereocenters. The maximum Gasteiger partial charge on any atom is 0.430 e. The lowest BCUT2D eigenvalue weighted by molar-refractivity contribution is -0.181. The van der Waals surface area contributed by atoms with Crippen molar-refractivity contribution in [1.29, 1.82) is 0 Å². The second kappa shape index (κ2) is 9.42. The number of aromatic hydroxyl groups is 1. The highest BCUT2D eigenvalue weighted by atomic mass is 35.5. The Hall–Kier alpha value is -3.39. The topological polar surface area (TPSA) is 197 Å². The van der Waals surface area contributed by atoms with Gasteiger partial charge in [0.15, 0.2) is 40.4 Å². The van der Waals surface area contributed by atoms with Crippen LogP contribution in [0.3, 0.4) is 0 Å². The molecule has 0 bridgehead atoms. The smallest absolute Gasteiger partial charge is 0.430 e. The van der Waals surface area contributed by atoms with Crippen molar-refractivity contribution in [2.75, 3.05) is 33.5 Å². The molecule has 1 aromatic rings. The van der Waals surface area contributed by atoms with Crippen LogP contribution in [0, 0.1) is 23.7 Å². The van der Waals surface area contributed by atoms with Gasteiger partial charge < -0.3 is 20.8 Å². The number of amides is 2. The number of Topliss-reactive ketones (excluding diaryl/α,β-unsaturated/α-hetero) is 4. The number of nitrogens with one attached hydrogen (secondary N) is 1. The van der Waals surface area contributed by atoms with E-state index in [0.29, 0.717) is 0 Å². The molecule has 0 aromatic heterocycles. The molecular weight excluding hydrogens is 524 g/mol. The summed E-state index contributed by atoms with van der Waals surface area (Å²) < 4.78 is 0. The Balaban J connectivity index is 1.80. The molecule has 5 N–H and O–H groups in total. The average molecular weight is 551 g/mol. The highest BCUT2D eigenvalue weighted by Crippen LogP contribution is 2.52. The van der Waals surface area contributed by atoms with Gasteiger partial charge in [-0.25, -0.2) is 4.79 Å². The fourth-order valence-electron chi connectivity index (χ4n) is 6.04. The summed E-state index contributed by atoms with van der Waals surface area (Å²) in [6.07, 6.45) is -1.05. The van der Waals surface area contributed by atoms with Crippen molar-refractivity contribution in [3.05, 3.63) is 22.2 Å². The highest BCUT2D eigenvalue weighted by molar-refractivity contribution is 6.35. The first-order valence-electron chi connectivity index (χ1n) is 11.7. The summed E-state index contributed by atoms with van der Waals surface area (Å²) in [6.45, 7) is 0. The number of hydrogen-bond acceptors (Lipinski definition) is 11. The Morgan fingerprint density at radius 3 is 2.34 bits per heavy atom. The maximum absolute atomic E-state index is 13.8. The molecule has 1 aromatic carbocycles. The van der Waals surface area contributed by atoms with Crippen LogP contribution in [-0.2, 0) is 30.4 Å². The fourth-order valence-corrected chi connectivity index (χ4v) is 6.30. The summed E-state index contributed by atoms with van der Waals surface area (Å²) in [5.41, 5.74) is 2.13. The lowest BCUT2D eigenvalue weighted by Crippen LogP contribution is -2.74. The molecular formula is C24H27ClN4O9. The molecule has 38 heavy (non-hydrogen) atoms. The molecule has 204 valence electrons. The monoisotopic (exact) mass is 550 g/mol. The number of rotatable bonds is 4. The first kappa shape index (κ1) is 27.6. The molecule has 0 saturated heterocycles. The third kappa shape index (κ3) is 3.97. The van der Waals surface area contributed by atoms with Crippen LogP contribution in [0.5, 0.6) is 5.75 Å². The zero-order valence-corrected chi connectivity index (χ0v) is 21.7. The van der Waals surface area contributed by atoms with Gasteiger partial charge in [-0.2, -0.15) is 0 Å². The summed E-state index contributed by atoms with van der Waals surface area (Å²) in [5, 5.41) is 25.7. The lowest BCUT2D eigenvalue weighted by atomic mass is 9.52. The summed E-state index contributed by atoms with van der Waals surface area (Å²) in [4.78, 5) is 84.1. The minimum absolute atomic E-state index is 0.0432. The quantitative estimate of drug-likeness (QED) is 0.215. The number of hydroxylamine groups is 2. The van der Waals surface area contributed by atoms with E-state index in [4.69, 9.17) is 22.2 Å². The maximum atomic E-state index is 13.8. The number of halogens is 1. The molecule has 2 amide bonds. The Kier molecular flexibility index (Phi) is 6.85. The number of likely N-dealkylation sites (N-methyl/N-ethyl adjacent to an activating group) is 1. The lowest BCUT2D eigenvalue weighted by Gasteiger charge is -2.52. The number of fused-ring (bicyclic) bond motifs is 3. The summed E-state index contributed by atoms with van der Waals surface area (Å²) in [6, 6.07) is 0.174. The molecule has 4 rings (SSSR count). The van der Waals surface area contributed by atoms with Gasteiger partial charge in [0, 0.05) is 20.0 Å². The molecule has 2 fully saturated rings. The van der Waals surface area contributed by atoms with Crippen molar-refractivity contribution in [3.63, 3.8) is 0 Å². The summed E-state index contributed by atoms with van der Waals surface area (Å²) in [7, 11) is 5.88. The van der Waals surface area contributed by atoms with Crippen molar-refractivity contribution in [2.45, 2.75) is 24.5 Å². The number of hydrogen-bond donors (Lipinski definition) is 4. The van der Waals surface area contributed by atoms with Crippen LogP contribution < -0.4 is 11.1 Å². The van der Waals surface area contributed by atoms with Crippen molar-refractivity contribution < 1.29 is 43.8 Å². The highest BCUT2D eigenvalue weighted by Gasteiger charge is 2.69. The van der Waals surface area contributed by atoms with Gasteiger partial charge in [-0.1, -0.05) is 11.6 Å². The second-order valence-corrected chi connectivity index (χ2v) is 10.6. The van der Waals surface area contributed by atoms with Crippen molar-refractivity contribution in [3.8, 4) is 5.75 Å².